The number of imidazole rings is 1. The van der Waals surface area contributed by atoms with Gasteiger partial charge in [0, 0.05) is 25.9 Å². The summed E-state index contributed by atoms with van der Waals surface area (Å²) in [6.45, 7) is 3.48. The van der Waals surface area contributed by atoms with Gasteiger partial charge in [-0.3, -0.25) is 4.79 Å². The fraction of sp³-hybridized carbons (Fsp3) is 0.368. The Balaban J connectivity index is 2.25. The average Bonchev–Trinajstić information content (AvgIpc) is 2.98. The van der Waals surface area contributed by atoms with Gasteiger partial charge in [-0.2, -0.15) is 13.2 Å². The van der Waals surface area contributed by atoms with Crippen molar-refractivity contribution in [1.29, 1.82) is 0 Å². The second-order valence-corrected chi connectivity index (χ2v) is 6.64. The van der Waals surface area contributed by atoms with Crippen LogP contribution in [0.25, 0.3) is 22.2 Å². The maximum absolute atomic E-state index is 13.5. The Morgan fingerprint density at radius 3 is 2.52 bits per heavy atom. The normalized spacial score (nSPS) is 13.3. The number of rotatable bonds is 4. The van der Waals surface area contributed by atoms with Gasteiger partial charge in [0.05, 0.1) is 23.7 Å². The Morgan fingerprint density at radius 2 is 1.93 bits per heavy atom. The molecule has 0 aliphatic heterocycles. The van der Waals surface area contributed by atoms with Gasteiger partial charge in [0.25, 0.3) is 5.56 Å². The van der Waals surface area contributed by atoms with Crippen LogP contribution < -0.4 is 5.56 Å². The molecule has 0 saturated heterocycles. The van der Waals surface area contributed by atoms with Crippen molar-refractivity contribution in [2.75, 3.05) is 13.7 Å². The molecule has 0 aliphatic rings. The minimum absolute atomic E-state index is 0.113. The summed E-state index contributed by atoms with van der Waals surface area (Å²) in [5, 5.41) is 0. The van der Waals surface area contributed by atoms with Crippen LogP contribution in [0.2, 0.25) is 0 Å². The number of ether oxygens (including phenoxy) is 1. The highest BCUT2D eigenvalue weighted by molar-refractivity contribution is 5.83. The van der Waals surface area contributed by atoms with Crippen LogP contribution in [0.3, 0.4) is 0 Å². The third-order valence-corrected chi connectivity index (χ3v) is 4.49. The van der Waals surface area contributed by atoms with E-state index >= 15 is 0 Å². The van der Waals surface area contributed by atoms with Crippen LogP contribution in [0.1, 0.15) is 24.4 Å². The van der Waals surface area contributed by atoms with Gasteiger partial charge in [-0.05, 0) is 43.2 Å². The molecule has 27 heavy (non-hydrogen) atoms. The van der Waals surface area contributed by atoms with Gasteiger partial charge in [-0.15, -0.1) is 0 Å². The minimum atomic E-state index is -4.57. The third-order valence-electron chi connectivity index (χ3n) is 4.49. The number of benzene rings is 1. The summed E-state index contributed by atoms with van der Waals surface area (Å²) < 4.78 is 48.2. The van der Waals surface area contributed by atoms with E-state index in [4.69, 9.17) is 4.74 Å². The molecule has 0 amide bonds. The number of alkyl halides is 3. The maximum atomic E-state index is 13.5. The molecule has 2 heterocycles. The van der Waals surface area contributed by atoms with E-state index < -0.39 is 18.0 Å². The molecule has 1 aromatic carbocycles. The number of halogens is 3. The highest BCUT2D eigenvalue weighted by Crippen LogP contribution is 2.35. The molecule has 0 unspecified atom stereocenters. The van der Waals surface area contributed by atoms with E-state index in [1.807, 2.05) is 0 Å². The summed E-state index contributed by atoms with van der Waals surface area (Å²) in [5.74, 6) is -0.948. The van der Waals surface area contributed by atoms with Gasteiger partial charge >= 0.3 is 6.18 Å². The highest BCUT2D eigenvalue weighted by atomic mass is 19.4. The van der Waals surface area contributed by atoms with Gasteiger partial charge < -0.3 is 13.9 Å². The topological polar surface area (TPSA) is 49.1 Å². The first kappa shape index (κ1) is 19.2. The number of methoxy groups -OCH3 is 1. The Hall–Kier alpha value is -2.61. The molecule has 0 radical (unpaired) electrons. The van der Waals surface area contributed by atoms with Crippen LogP contribution in [0, 0.1) is 6.92 Å². The lowest BCUT2D eigenvalue weighted by atomic mass is 10.1. The van der Waals surface area contributed by atoms with Crippen molar-refractivity contribution >= 4 is 11.0 Å². The number of aryl methyl sites for hydroxylation is 2. The summed E-state index contributed by atoms with van der Waals surface area (Å²) in [7, 11) is 3.09. The molecule has 0 spiro atoms. The number of hydrogen-bond acceptors (Lipinski definition) is 3. The molecule has 0 aliphatic carbocycles. The van der Waals surface area contributed by atoms with Crippen LogP contribution in [0.5, 0.6) is 0 Å². The maximum Gasteiger partial charge on any atom is 0.449 e. The minimum Gasteiger partial charge on any atom is -0.383 e. The quantitative estimate of drug-likeness (QED) is 0.690. The zero-order chi connectivity index (χ0) is 19.9. The van der Waals surface area contributed by atoms with Crippen LogP contribution in [-0.2, 0) is 18.0 Å². The van der Waals surface area contributed by atoms with Crippen LogP contribution in [-0.4, -0.2) is 27.8 Å². The van der Waals surface area contributed by atoms with E-state index in [1.54, 1.807) is 51.4 Å². The first-order valence-electron chi connectivity index (χ1n) is 8.39. The standard InChI is InChI=1S/C19H20F3N3O2/c1-11-7-14(9-24(3)17(11)26)13-5-6-15-16(8-13)25(12(2)10-27-4)18(23-15)19(20,21)22/h5-9,12H,10H2,1-4H3/t12-/m1/s1. The first-order valence-corrected chi connectivity index (χ1v) is 8.39. The molecule has 2 aromatic heterocycles. The molecule has 0 N–H and O–H groups in total. The lowest BCUT2D eigenvalue weighted by molar-refractivity contribution is -0.147. The van der Waals surface area contributed by atoms with Gasteiger partial charge in [0.15, 0.2) is 0 Å². The number of hydrogen-bond donors (Lipinski definition) is 0. The summed E-state index contributed by atoms with van der Waals surface area (Å²) in [4.78, 5) is 15.7. The third kappa shape index (κ3) is 3.49. The molecule has 1 atom stereocenters. The molecule has 3 rings (SSSR count). The molecule has 0 bridgehead atoms. The Labute approximate surface area is 154 Å². The van der Waals surface area contributed by atoms with Crippen molar-refractivity contribution in [1.82, 2.24) is 14.1 Å². The SMILES string of the molecule is COC[C@@H](C)n1c(C(F)(F)F)nc2ccc(-c3cc(C)c(=O)n(C)c3)cc21. The van der Waals surface area contributed by atoms with Gasteiger partial charge in [-0.1, -0.05) is 6.07 Å². The van der Waals surface area contributed by atoms with E-state index in [-0.39, 0.29) is 17.7 Å². The van der Waals surface area contributed by atoms with Gasteiger partial charge in [0.2, 0.25) is 5.82 Å². The number of pyridine rings is 1. The van der Waals surface area contributed by atoms with Crippen LogP contribution >= 0.6 is 0 Å². The molecule has 5 nitrogen and oxygen atoms in total. The molecule has 0 fully saturated rings. The second kappa shape index (κ2) is 6.84. The van der Waals surface area contributed by atoms with Crippen molar-refractivity contribution in [2.24, 2.45) is 7.05 Å². The fourth-order valence-electron chi connectivity index (χ4n) is 3.27. The zero-order valence-corrected chi connectivity index (χ0v) is 15.5. The Bertz CT molecular complexity index is 1020. The van der Waals surface area contributed by atoms with E-state index in [9.17, 15) is 18.0 Å². The molecule has 3 aromatic rings. The largest absolute Gasteiger partial charge is 0.449 e. The van der Waals surface area contributed by atoms with Crippen molar-refractivity contribution in [3.8, 4) is 11.1 Å². The lowest BCUT2D eigenvalue weighted by Gasteiger charge is -2.18. The zero-order valence-electron chi connectivity index (χ0n) is 15.5. The van der Waals surface area contributed by atoms with E-state index in [0.29, 0.717) is 16.6 Å². The molecular weight excluding hydrogens is 359 g/mol. The van der Waals surface area contributed by atoms with Crippen molar-refractivity contribution in [3.63, 3.8) is 0 Å². The van der Waals surface area contributed by atoms with Crippen molar-refractivity contribution in [2.45, 2.75) is 26.1 Å². The van der Waals surface area contributed by atoms with Crippen molar-refractivity contribution < 1.29 is 17.9 Å². The molecular formula is C19H20F3N3O2. The van der Waals surface area contributed by atoms with Gasteiger partial charge in [0.1, 0.15) is 0 Å². The molecule has 144 valence electrons. The predicted molar refractivity (Wildman–Crippen MR) is 96.7 cm³/mol. The van der Waals surface area contributed by atoms with E-state index in [0.717, 1.165) is 10.1 Å². The smallest absolute Gasteiger partial charge is 0.383 e. The van der Waals surface area contributed by atoms with Crippen LogP contribution in [0.4, 0.5) is 13.2 Å². The van der Waals surface area contributed by atoms with E-state index in [1.165, 1.54) is 11.7 Å². The van der Waals surface area contributed by atoms with Crippen molar-refractivity contribution in [3.05, 3.63) is 52.2 Å². The van der Waals surface area contributed by atoms with E-state index in [2.05, 4.69) is 4.98 Å². The Kier molecular flexibility index (Phi) is 4.86. The summed E-state index contributed by atoms with van der Waals surface area (Å²) >= 11 is 0. The summed E-state index contributed by atoms with van der Waals surface area (Å²) in [6.07, 6.45) is -2.91. The second-order valence-electron chi connectivity index (χ2n) is 6.64. The Morgan fingerprint density at radius 1 is 1.22 bits per heavy atom. The fourth-order valence-corrected chi connectivity index (χ4v) is 3.27. The first-order chi connectivity index (χ1) is 12.6. The predicted octanol–water partition coefficient (Wildman–Crippen LogP) is 3.94. The highest BCUT2D eigenvalue weighted by Gasteiger charge is 2.38. The summed E-state index contributed by atoms with van der Waals surface area (Å²) in [5.41, 5.74) is 2.54. The lowest BCUT2D eigenvalue weighted by Crippen LogP contribution is -2.20. The number of aromatic nitrogens is 3. The molecule has 0 saturated carbocycles. The summed E-state index contributed by atoms with van der Waals surface area (Å²) in [6, 6.07) is 6.13. The van der Waals surface area contributed by atoms with Crippen LogP contribution in [0.15, 0.2) is 35.3 Å². The number of nitrogens with zero attached hydrogens (tertiary/aromatic N) is 3. The number of fused-ring (bicyclic) bond motifs is 1. The molecule has 8 heteroatoms. The monoisotopic (exact) mass is 379 g/mol. The average molecular weight is 379 g/mol. The van der Waals surface area contributed by atoms with Gasteiger partial charge in [-0.25, -0.2) is 4.98 Å².